The van der Waals surface area contributed by atoms with Crippen LogP contribution >= 0.6 is 11.6 Å². The van der Waals surface area contributed by atoms with Crippen LogP contribution in [0.3, 0.4) is 0 Å². The predicted molar refractivity (Wildman–Crippen MR) is 91.1 cm³/mol. The zero-order valence-electron chi connectivity index (χ0n) is 12.9. The van der Waals surface area contributed by atoms with Gasteiger partial charge in [-0.1, -0.05) is 29.8 Å². The smallest absolute Gasteiger partial charge is 0.340 e. The minimum absolute atomic E-state index is 0.371. The number of para-hydroxylation sites is 1. The fourth-order valence-corrected chi connectivity index (χ4v) is 2.28. The Balaban J connectivity index is 1.95. The number of carbonyl (C=O) groups is 2. The minimum atomic E-state index is -0.569. The van der Waals surface area contributed by atoms with Gasteiger partial charge in [-0.2, -0.15) is 0 Å². The second-order valence-corrected chi connectivity index (χ2v) is 5.31. The number of aryl methyl sites for hydroxylation is 1. The first kappa shape index (κ1) is 16.8. The summed E-state index contributed by atoms with van der Waals surface area (Å²) in [5.41, 5.74) is 2.48. The van der Waals surface area contributed by atoms with Gasteiger partial charge in [-0.25, -0.2) is 4.79 Å². The fraction of sp³-hybridized carbons (Fsp3) is 0.176. The zero-order chi connectivity index (χ0) is 16.8. The monoisotopic (exact) mass is 332 g/mol. The maximum Gasteiger partial charge on any atom is 0.340 e. The molecule has 6 heteroatoms. The van der Waals surface area contributed by atoms with Crippen LogP contribution in [-0.4, -0.2) is 25.5 Å². The molecule has 0 radical (unpaired) electrons. The van der Waals surface area contributed by atoms with Crippen LogP contribution in [0.1, 0.15) is 15.9 Å². The van der Waals surface area contributed by atoms with Gasteiger partial charge in [0.15, 0.2) is 6.61 Å². The Hall–Kier alpha value is -2.53. The first-order chi connectivity index (χ1) is 11.0. The zero-order valence-corrected chi connectivity index (χ0v) is 13.6. The third-order valence-electron chi connectivity index (χ3n) is 3.15. The van der Waals surface area contributed by atoms with Gasteiger partial charge in [-0.05, 0) is 36.8 Å². The molecule has 0 saturated carbocycles. The van der Waals surface area contributed by atoms with Crippen LogP contribution in [0.5, 0.6) is 0 Å². The number of benzene rings is 2. The lowest BCUT2D eigenvalue weighted by Gasteiger charge is -2.10. The van der Waals surface area contributed by atoms with Crippen molar-refractivity contribution in [2.75, 3.05) is 24.3 Å². The summed E-state index contributed by atoms with van der Waals surface area (Å²) in [5, 5.41) is 5.94. The molecule has 2 aromatic carbocycles. The molecule has 0 saturated heterocycles. The number of hydrogen-bond acceptors (Lipinski definition) is 4. The second kappa shape index (κ2) is 7.65. The van der Waals surface area contributed by atoms with Crippen molar-refractivity contribution < 1.29 is 14.3 Å². The number of rotatable bonds is 5. The van der Waals surface area contributed by atoms with Gasteiger partial charge >= 0.3 is 5.97 Å². The second-order valence-electron chi connectivity index (χ2n) is 4.90. The van der Waals surface area contributed by atoms with Gasteiger partial charge in [0.1, 0.15) is 0 Å². The van der Waals surface area contributed by atoms with Gasteiger partial charge in [0.25, 0.3) is 5.91 Å². The Morgan fingerprint density at radius 3 is 2.57 bits per heavy atom. The summed E-state index contributed by atoms with van der Waals surface area (Å²) in [4.78, 5) is 23.9. The van der Waals surface area contributed by atoms with Crippen molar-refractivity contribution in [3.8, 4) is 0 Å². The van der Waals surface area contributed by atoms with Crippen molar-refractivity contribution >= 4 is 34.9 Å². The number of anilines is 2. The summed E-state index contributed by atoms with van der Waals surface area (Å²) in [7, 11) is 1.71. The van der Waals surface area contributed by atoms with Gasteiger partial charge < -0.3 is 15.4 Å². The molecule has 0 aliphatic carbocycles. The van der Waals surface area contributed by atoms with Crippen molar-refractivity contribution in [3.05, 3.63) is 58.6 Å². The van der Waals surface area contributed by atoms with Crippen LogP contribution < -0.4 is 10.6 Å². The lowest BCUT2D eigenvalue weighted by Crippen LogP contribution is -2.21. The Labute approximate surface area is 139 Å². The van der Waals surface area contributed by atoms with Gasteiger partial charge in [-0.15, -0.1) is 0 Å². The van der Waals surface area contributed by atoms with Gasteiger partial charge in [0.05, 0.1) is 16.3 Å². The van der Waals surface area contributed by atoms with Crippen molar-refractivity contribution in [2.24, 2.45) is 0 Å². The van der Waals surface area contributed by atoms with Crippen molar-refractivity contribution in [1.82, 2.24) is 0 Å². The van der Waals surface area contributed by atoms with Crippen LogP contribution in [0.4, 0.5) is 11.4 Å². The van der Waals surface area contributed by atoms with Gasteiger partial charge in [-0.3, -0.25) is 4.79 Å². The molecule has 0 unspecified atom stereocenters. The molecule has 0 fully saturated rings. The number of amides is 1. The number of halogens is 1. The van der Waals surface area contributed by atoms with E-state index in [-0.39, 0.29) is 6.61 Å². The molecular formula is C17H17ClN2O3. The molecule has 5 nitrogen and oxygen atoms in total. The molecule has 2 N–H and O–H groups in total. The highest BCUT2D eigenvalue weighted by Crippen LogP contribution is 2.22. The molecule has 2 aromatic rings. The van der Waals surface area contributed by atoms with E-state index in [1.165, 1.54) is 0 Å². The summed E-state index contributed by atoms with van der Waals surface area (Å²) in [6.07, 6.45) is 0. The van der Waals surface area contributed by atoms with Gasteiger partial charge in [0, 0.05) is 12.7 Å². The molecule has 0 aliphatic heterocycles. The van der Waals surface area contributed by atoms with Crippen LogP contribution in [-0.2, 0) is 9.53 Å². The van der Waals surface area contributed by atoms with Crippen LogP contribution in [0, 0.1) is 6.92 Å². The highest BCUT2D eigenvalue weighted by Gasteiger charge is 2.14. The highest BCUT2D eigenvalue weighted by molar-refractivity contribution is 6.33. The fourth-order valence-electron chi connectivity index (χ4n) is 2.00. The number of hydrogen-bond donors (Lipinski definition) is 2. The number of carbonyl (C=O) groups excluding carboxylic acids is 2. The Kier molecular flexibility index (Phi) is 5.60. The lowest BCUT2D eigenvalue weighted by atomic mass is 10.2. The van der Waals surface area contributed by atoms with E-state index in [1.54, 1.807) is 43.4 Å². The van der Waals surface area contributed by atoms with E-state index in [4.69, 9.17) is 16.3 Å². The van der Waals surface area contributed by atoms with Crippen LogP contribution in [0.2, 0.25) is 5.02 Å². The van der Waals surface area contributed by atoms with E-state index in [0.29, 0.717) is 22.0 Å². The van der Waals surface area contributed by atoms with E-state index < -0.39 is 11.9 Å². The summed E-state index contributed by atoms with van der Waals surface area (Å²) < 4.78 is 5.03. The predicted octanol–water partition coefficient (Wildman–Crippen LogP) is 3.49. The SMILES string of the molecule is CNc1ccccc1C(=O)OCC(=O)Nc1ccc(C)cc1Cl. The molecule has 2 rings (SSSR count). The molecule has 1 amide bonds. The van der Waals surface area contributed by atoms with E-state index >= 15 is 0 Å². The molecule has 0 aliphatic rings. The largest absolute Gasteiger partial charge is 0.452 e. The summed E-state index contributed by atoms with van der Waals surface area (Å²) in [5.74, 6) is -1.02. The number of esters is 1. The van der Waals surface area contributed by atoms with E-state index in [2.05, 4.69) is 10.6 Å². The highest BCUT2D eigenvalue weighted by atomic mass is 35.5. The maximum atomic E-state index is 12.0. The average Bonchev–Trinajstić information content (AvgIpc) is 2.55. The average molecular weight is 333 g/mol. The Morgan fingerprint density at radius 2 is 1.87 bits per heavy atom. The number of nitrogens with one attached hydrogen (secondary N) is 2. The molecule has 23 heavy (non-hydrogen) atoms. The summed E-state index contributed by atoms with van der Waals surface area (Å²) in [6, 6.07) is 12.2. The molecule has 0 aromatic heterocycles. The Morgan fingerprint density at radius 1 is 1.13 bits per heavy atom. The normalized spacial score (nSPS) is 10.0. The van der Waals surface area contributed by atoms with E-state index in [1.807, 2.05) is 13.0 Å². The van der Waals surface area contributed by atoms with Crippen LogP contribution in [0.25, 0.3) is 0 Å². The molecule has 0 heterocycles. The molecule has 0 bridgehead atoms. The molecule has 0 spiro atoms. The third kappa shape index (κ3) is 4.47. The van der Waals surface area contributed by atoms with Gasteiger partial charge in [0.2, 0.25) is 0 Å². The third-order valence-corrected chi connectivity index (χ3v) is 3.46. The topological polar surface area (TPSA) is 67.4 Å². The first-order valence-corrected chi connectivity index (χ1v) is 7.39. The van der Waals surface area contributed by atoms with E-state index in [9.17, 15) is 9.59 Å². The standard InChI is InChI=1S/C17H17ClN2O3/c1-11-7-8-15(13(18)9-11)20-16(21)10-23-17(22)12-5-3-4-6-14(12)19-2/h3-9,19H,10H2,1-2H3,(H,20,21). The van der Waals surface area contributed by atoms with Crippen molar-refractivity contribution in [3.63, 3.8) is 0 Å². The minimum Gasteiger partial charge on any atom is -0.452 e. The molecule has 0 atom stereocenters. The van der Waals surface area contributed by atoms with Crippen molar-refractivity contribution in [2.45, 2.75) is 6.92 Å². The summed E-state index contributed by atoms with van der Waals surface area (Å²) in [6.45, 7) is 1.51. The first-order valence-electron chi connectivity index (χ1n) is 7.01. The maximum absolute atomic E-state index is 12.0. The Bertz CT molecular complexity index is 732. The van der Waals surface area contributed by atoms with Crippen LogP contribution in [0.15, 0.2) is 42.5 Å². The summed E-state index contributed by atoms with van der Waals surface area (Å²) >= 11 is 6.04. The lowest BCUT2D eigenvalue weighted by molar-refractivity contribution is -0.119. The molecular weight excluding hydrogens is 316 g/mol. The van der Waals surface area contributed by atoms with E-state index in [0.717, 1.165) is 5.56 Å². The quantitative estimate of drug-likeness (QED) is 0.822. The van der Waals surface area contributed by atoms with Crippen molar-refractivity contribution in [1.29, 1.82) is 0 Å². The number of ether oxygens (including phenoxy) is 1. The molecule has 120 valence electrons.